The quantitative estimate of drug-likeness (QED) is 0.202. The molecule has 240 valence electrons. The van der Waals surface area contributed by atoms with Crippen LogP contribution >= 0.6 is 11.3 Å². The van der Waals surface area contributed by atoms with Gasteiger partial charge in [0.1, 0.15) is 28.8 Å². The third kappa shape index (κ3) is 6.70. The SMILES string of the molecule is COCC(=O)Cc1ccc(-c2sc3c(c2CN(C)CCO)c(=O)n(-c2ccc(OC)cc2)c(=O)n3Cc2c(F)cccc2F)cc1. The number of aromatic nitrogens is 2. The van der Waals surface area contributed by atoms with Gasteiger partial charge in [0, 0.05) is 37.1 Å². The zero-order valence-electron chi connectivity index (χ0n) is 25.6. The number of carbonyl (C=O) groups is 1. The molecule has 46 heavy (non-hydrogen) atoms. The van der Waals surface area contributed by atoms with Gasteiger partial charge in [0.15, 0.2) is 5.78 Å². The van der Waals surface area contributed by atoms with Gasteiger partial charge >= 0.3 is 5.69 Å². The fourth-order valence-electron chi connectivity index (χ4n) is 5.33. The maximum absolute atomic E-state index is 14.9. The van der Waals surface area contributed by atoms with Crippen LogP contribution in [0, 0.1) is 11.6 Å². The number of hydrogen-bond donors (Lipinski definition) is 1. The summed E-state index contributed by atoms with van der Waals surface area (Å²) in [6, 6.07) is 17.1. The van der Waals surface area contributed by atoms with Crippen LogP contribution in [0.15, 0.2) is 76.3 Å². The summed E-state index contributed by atoms with van der Waals surface area (Å²) in [5, 5.41) is 9.84. The van der Waals surface area contributed by atoms with Crippen LogP contribution in [0.1, 0.15) is 16.7 Å². The van der Waals surface area contributed by atoms with E-state index < -0.39 is 29.4 Å². The summed E-state index contributed by atoms with van der Waals surface area (Å²) >= 11 is 1.17. The minimum atomic E-state index is -0.819. The predicted molar refractivity (Wildman–Crippen MR) is 173 cm³/mol. The van der Waals surface area contributed by atoms with Crippen molar-refractivity contribution in [3.05, 3.63) is 116 Å². The van der Waals surface area contributed by atoms with Gasteiger partial charge in [0.2, 0.25) is 0 Å². The Kier molecular flexibility index (Phi) is 10.2. The molecule has 0 aliphatic carbocycles. The first-order chi connectivity index (χ1) is 22.2. The van der Waals surface area contributed by atoms with E-state index in [1.54, 1.807) is 31.3 Å². The molecule has 3 aromatic carbocycles. The summed E-state index contributed by atoms with van der Waals surface area (Å²) < 4.78 is 42.3. The third-order valence-electron chi connectivity index (χ3n) is 7.61. The van der Waals surface area contributed by atoms with Crippen molar-refractivity contribution in [3.8, 4) is 21.9 Å². The average Bonchev–Trinajstić information content (AvgIpc) is 3.40. The maximum Gasteiger partial charge on any atom is 0.337 e. The summed E-state index contributed by atoms with van der Waals surface area (Å²) in [6.07, 6.45) is 0.187. The smallest absolute Gasteiger partial charge is 0.337 e. The summed E-state index contributed by atoms with van der Waals surface area (Å²) in [6.45, 7) is -0.0413. The minimum Gasteiger partial charge on any atom is -0.497 e. The number of carbonyl (C=O) groups excluding carboxylic acids is 1. The van der Waals surface area contributed by atoms with Gasteiger partial charge in [-0.05, 0) is 60.1 Å². The second-order valence-electron chi connectivity index (χ2n) is 10.8. The average molecular weight is 650 g/mol. The largest absolute Gasteiger partial charge is 0.497 e. The van der Waals surface area contributed by atoms with Gasteiger partial charge in [-0.15, -0.1) is 11.3 Å². The lowest BCUT2D eigenvalue weighted by Crippen LogP contribution is -2.39. The van der Waals surface area contributed by atoms with Crippen LogP contribution in [0.5, 0.6) is 5.75 Å². The number of aliphatic hydroxyl groups is 1. The molecule has 0 atom stereocenters. The van der Waals surface area contributed by atoms with Gasteiger partial charge in [-0.1, -0.05) is 30.3 Å². The van der Waals surface area contributed by atoms with E-state index in [2.05, 4.69) is 0 Å². The normalized spacial score (nSPS) is 11.5. The van der Waals surface area contributed by atoms with Crippen molar-refractivity contribution in [2.75, 3.05) is 41.0 Å². The van der Waals surface area contributed by atoms with E-state index >= 15 is 0 Å². The molecule has 2 heterocycles. The second kappa shape index (κ2) is 14.3. The fraction of sp³-hybridized carbons (Fsp3) is 0.265. The highest BCUT2D eigenvalue weighted by Crippen LogP contribution is 2.38. The Morgan fingerprint density at radius 3 is 2.24 bits per heavy atom. The highest BCUT2D eigenvalue weighted by molar-refractivity contribution is 7.22. The van der Waals surface area contributed by atoms with Gasteiger partial charge in [-0.2, -0.15) is 0 Å². The van der Waals surface area contributed by atoms with Gasteiger partial charge in [-0.25, -0.2) is 18.1 Å². The molecule has 9 nitrogen and oxygen atoms in total. The van der Waals surface area contributed by atoms with Crippen molar-refractivity contribution in [1.82, 2.24) is 14.0 Å². The Morgan fingerprint density at radius 2 is 1.63 bits per heavy atom. The number of likely N-dealkylation sites (N-methyl/N-ethyl adjacent to an activating group) is 1. The molecule has 0 aliphatic rings. The van der Waals surface area contributed by atoms with Crippen molar-refractivity contribution in [2.24, 2.45) is 0 Å². The lowest BCUT2D eigenvalue weighted by molar-refractivity contribution is -0.121. The van der Waals surface area contributed by atoms with Crippen LogP contribution in [-0.2, 0) is 29.0 Å². The molecule has 0 fully saturated rings. The van der Waals surface area contributed by atoms with Crippen molar-refractivity contribution in [2.45, 2.75) is 19.5 Å². The first kappa shape index (κ1) is 32.9. The number of halogens is 2. The van der Waals surface area contributed by atoms with Crippen LogP contribution in [0.3, 0.4) is 0 Å². The first-order valence-electron chi connectivity index (χ1n) is 14.4. The number of fused-ring (bicyclic) bond motifs is 1. The molecule has 0 aliphatic heterocycles. The number of benzene rings is 3. The summed E-state index contributed by atoms with van der Waals surface area (Å²) in [5.74, 6) is -1.20. The number of Topliss-reactive ketones (excluding diaryl/α,β-unsaturated/α-hetero) is 1. The molecule has 0 saturated heterocycles. The molecule has 12 heteroatoms. The van der Waals surface area contributed by atoms with Crippen molar-refractivity contribution >= 4 is 27.3 Å². The van der Waals surface area contributed by atoms with Crippen molar-refractivity contribution in [1.29, 1.82) is 0 Å². The summed E-state index contributed by atoms with van der Waals surface area (Å²) in [7, 11) is 4.75. The molecule has 2 aromatic heterocycles. The number of thiophene rings is 1. The topological polar surface area (TPSA) is 103 Å². The summed E-state index contributed by atoms with van der Waals surface area (Å²) in [4.78, 5) is 43.4. The van der Waals surface area contributed by atoms with Gasteiger partial charge < -0.3 is 14.6 Å². The van der Waals surface area contributed by atoms with Gasteiger partial charge in [0.05, 0.1) is 31.3 Å². The molecule has 5 rings (SSSR count). The van der Waals surface area contributed by atoms with E-state index in [1.807, 2.05) is 29.2 Å². The number of ketones is 1. The number of aliphatic hydroxyl groups excluding tert-OH is 1. The number of nitrogens with zero attached hydrogens (tertiary/aromatic N) is 3. The van der Waals surface area contributed by atoms with E-state index in [4.69, 9.17) is 9.47 Å². The minimum absolute atomic E-state index is 0.00000922. The monoisotopic (exact) mass is 649 g/mol. The standard InChI is InChI=1S/C34H33F2N3O6S/c1-37(15-16-40)18-27-30-32(42)39(23-11-13-25(45-3)14-12-23)34(43)38(19-26-28(35)5-4-6-29(26)36)33(30)46-31(27)22-9-7-21(8-10-22)17-24(41)20-44-2/h4-14,40H,15-20H2,1-3H3. The zero-order chi connectivity index (χ0) is 33.0. The highest BCUT2D eigenvalue weighted by atomic mass is 32.1. The molecular weight excluding hydrogens is 616 g/mol. The molecular formula is C34H33F2N3O6S. The van der Waals surface area contributed by atoms with Crippen LogP contribution in [0.4, 0.5) is 8.78 Å². The zero-order valence-corrected chi connectivity index (χ0v) is 26.4. The lowest BCUT2D eigenvalue weighted by atomic mass is 10.0. The van der Waals surface area contributed by atoms with E-state index in [9.17, 15) is 28.3 Å². The predicted octanol–water partition coefficient (Wildman–Crippen LogP) is 4.40. The Hall–Kier alpha value is -4.49. The van der Waals surface area contributed by atoms with Crippen LogP contribution in [0.2, 0.25) is 0 Å². The molecule has 0 bridgehead atoms. The molecule has 0 spiro atoms. The van der Waals surface area contributed by atoms with Crippen LogP contribution in [0.25, 0.3) is 26.3 Å². The van der Waals surface area contributed by atoms with Crippen LogP contribution < -0.4 is 16.0 Å². The van der Waals surface area contributed by atoms with Gasteiger partial charge in [-0.3, -0.25) is 19.1 Å². The molecule has 0 saturated carbocycles. The van der Waals surface area contributed by atoms with Crippen molar-refractivity contribution < 1.29 is 28.2 Å². The fourth-order valence-corrected chi connectivity index (χ4v) is 6.63. The van der Waals surface area contributed by atoms with Crippen molar-refractivity contribution in [3.63, 3.8) is 0 Å². The van der Waals surface area contributed by atoms with E-state index in [1.165, 1.54) is 36.2 Å². The summed E-state index contributed by atoms with van der Waals surface area (Å²) in [5.41, 5.74) is 0.682. The Balaban J connectivity index is 1.79. The van der Waals surface area contributed by atoms with E-state index in [0.717, 1.165) is 27.8 Å². The lowest BCUT2D eigenvalue weighted by Gasteiger charge is -2.17. The number of rotatable bonds is 13. The molecule has 5 aromatic rings. The molecule has 0 radical (unpaired) electrons. The Labute approximate surface area is 267 Å². The van der Waals surface area contributed by atoms with Gasteiger partial charge in [0.25, 0.3) is 5.56 Å². The number of ether oxygens (including phenoxy) is 2. The van der Waals surface area contributed by atoms with E-state index in [-0.39, 0.29) is 53.4 Å². The van der Waals surface area contributed by atoms with Crippen LogP contribution in [-0.4, -0.2) is 65.9 Å². The second-order valence-corrected chi connectivity index (χ2v) is 11.8. The van der Waals surface area contributed by atoms with E-state index in [0.29, 0.717) is 22.7 Å². The molecule has 0 amide bonds. The first-order valence-corrected chi connectivity index (χ1v) is 15.3. The maximum atomic E-state index is 14.9. The molecule has 0 unspecified atom stereocenters. The highest BCUT2D eigenvalue weighted by Gasteiger charge is 2.25. The Bertz CT molecular complexity index is 1960. The third-order valence-corrected chi connectivity index (χ3v) is 8.92. The number of methoxy groups -OCH3 is 2. The Morgan fingerprint density at radius 1 is 0.957 bits per heavy atom. The molecule has 1 N–H and O–H groups in total. The number of hydrogen-bond acceptors (Lipinski definition) is 8.